The van der Waals surface area contributed by atoms with Crippen molar-refractivity contribution in [2.75, 3.05) is 26.4 Å². The Hall–Kier alpha value is -11.6. The van der Waals surface area contributed by atoms with Gasteiger partial charge in [-0.3, -0.25) is 0 Å². The van der Waals surface area contributed by atoms with E-state index in [-0.39, 0.29) is 22.3 Å². The SMILES string of the molecule is N#CC(C(=O)O)=C(c1ccccc1)c1ccccc1.N#CC(C(=O)O)=C(c1ccccc1)c1ccccc1.N#CC(C(=O)O)=C(c1ccccc1)c1ccccc1.N#CC(C(=O)O)=C(c1ccccc1)c1ccccc1.OCC(CO)(CO)CO. The number of carbonyl (C=O) groups is 4. The molecule has 0 saturated heterocycles. The van der Waals surface area contributed by atoms with Crippen LogP contribution in [-0.4, -0.2) is 91.2 Å². The largest absolute Gasteiger partial charge is 0.477 e. The molecule has 0 aliphatic carbocycles. The summed E-state index contributed by atoms with van der Waals surface area (Å²) in [6, 6.07) is 79.6. The van der Waals surface area contributed by atoms with Crippen molar-refractivity contribution in [2.45, 2.75) is 0 Å². The van der Waals surface area contributed by atoms with Crippen LogP contribution in [0.15, 0.2) is 265 Å². The fourth-order valence-electron chi connectivity index (χ4n) is 7.80. The maximum Gasteiger partial charge on any atom is 0.347 e. The third-order valence-electron chi connectivity index (χ3n) is 12.1. The molecule has 0 spiro atoms. The number of aliphatic hydroxyl groups is 4. The predicted octanol–water partition coefficient (Wildman–Crippen LogP) is 10.3. The molecule has 0 aliphatic heterocycles. The van der Waals surface area contributed by atoms with Gasteiger partial charge in [0.15, 0.2) is 0 Å². The van der Waals surface area contributed by atoms with Crippen molar-refractivity contribution in [3.63, 3.8) is 0 Å². The highest BCUT2D eigenvalue weighted by atomic mass is 16.4. The molecule has 8 aromatic rings. The molecule has 0 unspecified atom stereocenters. The quantitative estimate of drug-likeness (QED) is 0.0329. The Morgan fingerprint density at radius 3 is 0.447 bits per heavy atom. The van der Waals surface area contributed by atoms with Gasteiger partial charge in [0, 0.05) is 22.3 Å². The van der Waals surface area contributed by atoms with E-state index in [9.17, 15) is 39.6 Å². The van der Waals surface area contributed by atoms with Gasteiger partial charge in [0.2, 0.25) is 0 Å². The molecule has 0 aliphatic rings. The molecule has 0 saturated carbocycles. The van der Waals surface area contributed by atoms with Gasteiger partial charge in [-0.2, -0.15) is 21.0 Å². The van der Waals surface area contributed by atoms with Crippen LogP contribution in [0, 0.1) is 50.7 Å². The van der Waals surface area contributed by atoms with E-state index < -0.39 is 55.7 Å². The van der Waals surface area contributed by atoms with Crippen molar-refractivity contribution in [2.24, 2.45) is 5.41 Å². The van der Waals surface area contributed by atoms with Crippen molar-refractivity contribution in [3.05, 3.63) is 309 Å². The number of aliphatic hydroxyl groups excluding tert-OH is 4. The van der Waals surface area contributed by atoms with Crippen molar-refractivity contribution >= 4 is 46.2 Å². The van der Waals surface area contributed by atoms with E-state index in [0.717, 1.165) is 0 Å². The van der Waals surface area contributed by atoms with Crippen LogP contribution in [-0.2, 0) is 19.2 Å². The Bertz CT molecular complexity index is 3100. The third kappa shape index (κ3) is 19.3. The first-order valence-corrected chi connectivity index (χ1v) is 25.6. The van der Waals surface area contributed by atoms with E-state index >= 15 is 0 Å². The molecule has 8 rings (SSSR count). The van der Waals surface area contributed by atoms with Gasteiger partial charge in [0.05, 0.1) is 31.8 Å². The molecule has 0 fully saturated rings. The van der Waals surface area contributed by atoms with Gasteiger partial charge in [-0.15, -0.1) is 0 Å². The van der Waals surface area contributed by atoms with Crippen LogP contribution >= 0.6 is 0 Å². The maximum atomic E-state index is 11.2. The van der Waals surface area contributed by atoms with Crippen LogP contribution in [0.2, 0.25) is 0 Å². The third-order valence-corrected chi connectivity index (χ3v) is 12.1. The average molecular weight is 1130 g/mol. The van der Waals surface area contributed by atoms with Crippen LogP contribution in [0.25, 0.3) is 22.3 Å². The summed E-state index contributed by atoms with van der Waals surface area (Å²) in [6.45, 7) is -1.62. The number of benzene rings is 8. The van der Waals surface area contributed by atoms with E-state index in [0.29, 0.717) is 66.8 Å². The fourth-order valence-corrected chi connectivity index (χ4v) is 7.80. The molecule has 0 amide bonds. The van der Waals surface area contributed by atoms with Gasteiger partial charge < -0.3 is 40.9 Å². The van der Waals surface area contributed by atoms with E-state index in [2.05, 4.69) is 0 Å². The molecule has 85 heavy (non-hydrogen) atoms. The number of hydrogen-bond donors (Lipinski definition) is 8. The highest BCUT2D eigenvalue weighted by Crippen LogP contribution is 2.30. The van der Waals surface area contributed by atoms with Gasteiger partial charge in [-0.1, -0.05) is 243 Å². The summed E-state index contributed by atoms with van der Waals surface area (Å²) in [5, 5.41) is 107. The Labute approximate surface area is 490 Å². The van der Waals surface area contributed by atoms with Gasteiger partial charge >= 0.3 is 23.9 Å². The van der Waals surface area contributed by atoms with Gasteiger partial charge in [0.25, 0.3) is 0 Å². The normalized spacial score (nSPS) is 9.69. The van der Waals surface area contributed by atoms with Crippen molar-refractivity contribution in [1.29, 1.82) is 21.0 Å². The Morgan fingerprint density at radius 1 is 0.259 bits per heavy atom. The lowest BCUT2D eigenvalue weighted by atomic mass is 9.93. The summed E-state index contributed by atoms with van der Waals surface area (Å²) in [5.74, 6) is -4.87. The summed E-state index contributed by atoms with van der Waals surface area (Å²) >= 11 is 0. The smallest absolute Gasteiger partial charge is 0.347 e. The van der Waals surface area contributed by atoms with Crippen molar-refractivity contribution in [1.82, 2.24) is 0 Å². The molecule has 424 valence electrons. The molecule has 16 nitrogen and oxygen atoms in total. The summed E-state index contributed by atoms with van der Waals surface area (Å²) < 4.78 is 0. The topological polar surface area (TPSA) is 325 Å². The Balaban J connectivity index is 0.000000232. The van der Waals surface area contributed by atoms with Crippen molar-refractivity contribution in [3.8, 4) is 24.3 Å². The molecule has 0 heterocycles. The molecule has 8 N–H and O–H groups in total. The van der Waals surface area contributed by atoms with Crippen LogP contribution in [0.1, 0.15) is 44.5 Å². The Morgan fingerprint density at radius 2 is 0.376 bits per heavy atom. The molecule has 8 aromatic carbocycles. The Kier molecular flexibility index (Phi) is 27.3. The highest BCUT2D eigenvalue weighted by molar-refractivity contribution is 6.07. The lowest BCUT2D eigenvalue weighted by Gasteiger charge is -2.23. The number of hydrogen-bond acceptors (Lipinski definition) is 12. The summed E-state index contributed by atoms with van der Waals surface area (Å²) in [6.07, 6.45) is 0. The van der Waals surface area contributed by atoms with Crippen LogP contribution < -0.4 is 0 Å². The second kappa shape index (κ2) is 35.2. The minimum Gasteiger partial charge on any atom is -0.477 e. The molecular weight excluding hydrogens is 1080 g/mol. The molecule has 0 radical (unpaired) electrons. The molecule has 0 bridgehead atoms. The lowest BCUT2D eigenvalue weighted by molar-refractivity contribution is -0.133. The zero-order valence-electron chi connectivity index (χ0n) is 45.4. The zero-order valence-corrected chi connectivity index (χ0v) is 45.4. The second-order valence-corrected chi connectivity index (χ2v) is 17.7. The summed E-state index contributed by atoms with van der Waals surface area (Å²) in [4.78, 5) is 45.0. The van der Waals surface area contributed by atoms with E-state index in [1.165, 1.54) is 0 Å². The van der Waals surface area contributed by atoms with E-state index in [1.807, 2.05) is 146 Å². The zero-order chi connectivity index (χ0) is 62.0. The average Bonchev–Trinajstić information content (AvgIpc) is 3.57. The lowest BCUT2D eigenvalue weighted by Crippen LogP contribution is -2.37. The molecule has 16 heteroatoms. The fraction of sp³-hybridized carbons (Fsp3) is 0.0725. The van der Waals surface area contributed by atoms with Crippen LogP contribution in [0.3, 0.4) is 0 Å². The summed E-state index contributed by atoms with van der Waals surface area (Å²) in [5.41, 5.74) is 5.37. The molecule has 0 atom stereocenters. The minimum atomic E-state index is -1.22. The number of nitriles is 4. The van der Waals surface area contributed by atoms with Gasteiger partial charge in [0.1, 0.15) is 46.6 Å². The van der Waals surface area contributed by atoms with Gasteiger partial charge in [-0.05, 0) is 44.5 Å². The first kappa shape index (κ1) is 65.9. The first-order chi connectivity index (χ1) is 41.2. The van der Waals surface area contributed by atoms with Gasteiger partial charge in [-0.25, -0.2) is 19.2 Å². The molecular formula is C69H56N4O12. The predicted molar refractivity (Wildman–Crippen MR) is 319 cm³/mol. The summed E-state index contributed by atoms with van der Waals surface area (Å²) in [7, 11) is 0. The number of nitrogens with zero attached hydrogens (tertiary/aromatic N) is 4. The maximum absolute atomic E-state index is 11.2. The van der Waals surface area contributed by atoms with E-state index in [1.54, 1.807) is 121 Å². The number of carboxylic acid groups (broad SMARTS) is 4. The number of carboxylic acids is 4. The van der Waals surface area contributed by atoms with Crippen LogP contribution in [0.4, 0.5) is 0 Å². The van der Waals surface area contributed by atoms with Crippen molar-refractivity contribution < 1.29 is 60.0 Å². The van der Waals surface area contributed by atoms with E-state index in [4.69, 9.17) is 41.5 Å². The van der Waals surface area contributed by atoms with Crippen LogP contribution in [0.5, 0.6) is 0 Å². The standard InChI is InChI=1S/4C16H11NO2.C5H12O4/c4*17-11-14(16(18)19)15(12-7-3-1-4-8-12)13-9-5-2-6-10-13;6-1-5(2-7,3-8)4-9/h4*1-10H,(H,18,19);6-9H,1-4H2. The molecule has 0 aromatic heterocycles. The first-order valence-electron chi connectivity index (χ1n) is 25.6. The highest BCUT2D eigenvalue weighted by Gasteiger charge is 2.27. The minimum absolute atomic E-state index is 0.252. The second-order valence-electron chi connectivity index (χ2n) is 17.7. The number of rotatable bonds is 16. The number of aliphatic carboxylic acids is 4. The monoisotopic (exact) mass is 1130 g/mol.